The van der Waals surface area contributed by atoms with Crippen LogP contribution in [-0.2, 0) is 0 Å². The van der Waals surface area contributed by atoms with Gasteiger partial charge in [-0.1, -0.05) is 33.1 Å². The maximum absolute atomic E-state index is 9.50. The second-order valence-electron chi connectivity index (χ2n) is 6.84. The summed E-state index contributed by atoms with van der Waals surface area (Å²) in [5, 5.41) is 13.0. The Labute approximate surface area is 132 Å². The maximum atomic E-state index is 9.50. The van der Waals surface area contributed by atoms with Gasteiger partial charge in [-0.2, -0.15) is 5.26 Å². The van der Waals surface area contributed by atoms with E-state index in [0.717, 1.165) is 44.7 Å². The van der Waals surface area contributed by atoms with E-state index in [4.69, 9.17) is 0 Å². The van der Waals surface area contributed by atoms with Gasteiger partial charge in [-0.15, -0.1) is 0 Å². The number of nitrogens with one attached hydrogen (secondary N) is 1. The highest BCUT2D eigenvalue weighted by atomic mass is 15.1. The third-order valence-corrected chi connectivity index (χ3v) is 4.97. The zero-order valence-corrected chi connectivity index (χ0v) is 14.5. The fourth-order valence-electron chi connectivity index (χ4n) is 3.48. The van der Waals surface area contributed by atoms with Crippen LogP contribution in [0.15, 0.2) is 0 Å². The zero-order valence-electron chi connectivity index (χ0n) is 14.5. The SMILES string of the molecule is CCCNC(C#N)(CC)CCCN(C)CC1CCCCC1. The fourth-order valence-corrected chi connectivity index (χ4v) is 3.48. The molecule has 0 aromatic carbocycles. The number of nitriles is 1. The Morgan fingerprint density at radius 3 is 2.52 bits per heavy atom. The van der Waals surface area contributed by atoms with Gasteiger partial charge in [-0.25, -0.2) is 0 Å². The Bertz CT molecular complexity index is 304. The van der Waals surface area contributed by atoms with Crippen LogP contribution in [-0.4, -0.2) is 37.1 Å². The molecule has 0 heterocycles. The lowest BCUT2D eigenvalue weighted by atomic mass is 9.88. The Kier molecular flexibility index (Phi) is 8.96. The van der Waals surface area contributed by atoms with Gasteiger partial charge in [-0.3, -0.25) is 5.32 Å². The number of nitrogens with zero attached hydrogens (tertiary/aromatic N) is 2. The second-order valence-corrected chi connectivity index (χ2v) is 6.84. The van der Waals surface area contributed by atoms with Crippen LogP contribution in [0.5, 0.6) is 0 Å². The van der Waals surface area contributed by atoms with Crippen molar-refractivity contribution in [3.05, 3.63) is 0 Å². The van der Waals surface area contributed by atoms with Gasteiger partial charge in [0.15, 0.2) is 0 Å². The van der Waals surface area contributed by atoms with Crippen molar-refractivity contribution in [3.8, 4) is 6.07 Å². The first kappa shape index (κ1) is 18.5. The molecule has 1 N–H and O–H groups in total. The van der Waals surface area contributed by atoms with E-state index < -0.39 is 0 Å². The highest BCUT2D eigenvalue weighted by Gasteiger charge is 2.26. The molecular weight excluding hydrogens is 258 g/mol. The summed E-state index contributed by atoms with van der Waals surface area (Å²) in [4.78, 5) is 2.48. The molecule has 3 heteroatoms. The van der Waals surface area contributed by atoms with E-state index in [2.05, 4.69) is 37.2 Å². The first-order valence-corrected chi connectivity index (χ1v) is 9.00. The first-order valence-electron chi connectivity index (χ1n) is 9.00. The molecule has 1 rings (SSSR count). The Balaban J connectivity index is 2.27. The predicted octanol–water partition coefficient (Wildman–Crippen LogP) is 3.95. The molecule has 1 atom stereocenters. The summed E-state index contributed by atoms with van der Waals surface area (Å²) in [7, 11) is 2.24. The lowest BCUT2D eigenvalue weighted by Crippen LogP contribution is -2.44. The van der Waals surface area contributed by atoms with Crippen molar-refractivity contribution < 1.29 is 0 Å². The molecule has 0 aliphatic heterocycles. The largest absolute Gasteiger partial charge is 0.306 e. The highest BCUT2D eigenvalue weighted by Crippen LogP contribution is 2.24. The molecule has 1 aliphatic carbocycles. The van der Waals surface area contributed by atoms with Crippen LogP contribution in [0.2, 0.25) is 0 Å². The molecule has 0 aromatic rings. The summed E-state index contributed by atoms with van der Waals surface area (Å²) in [6.45, 7) is 7.58. The van der Waals surface area contributed by atoms with Gasteiger partial charge in [0.1, 0.15) is 5.54 Å². The van der Waals surface area contributed by atoms with Crippen LogP contribution >= 0.6 is 0 Å². The van der Waals surface area contributed by atoms with E-state index in [1.165, 1.54) is 38.6 Å². The van der Waals surface area contributed by atoms with Gasteiger partial charge in [-0.05, 0) is 64.6 Å². The maximum Gasteiger partial charge on any atom is 0.106 e. The molecule has 122 valence electrons. The van der Waals surface area contributed by atoms with Crippen molar-refractivity contribution in [1.82, 2.24) is 10.2 Å². The number of hydrogen-bond acceptors (Lipinski definition) is 3. The summed E-state index contributed by atoms with van der Waals surface area (Å²) in [5.41, 5.74) is -0.304. The van der Waals surface area contributed by atoms with E-state index in [9.17, 15) is 5.26 Å². The zero-order chi connectivity index (χ0) is 15.6. The molecule has 0 amide bonds. The van der Waals surface area contributed by atoms with Gasteiger partial charge in [0, 0.05) is 6.54 Å². The fraction of sp³-hybridized carbons (Fsp3) is 0.944. The summed E-state index contributed by atoms with van der Waals surface area (Å²) >= 11 is 0. The summed E-state index contributed by atoms with van der Waals surface area (Å²) < 4.78 is 0. The normalized spacial score (nSPS) is 19.4. The van der Waals surface area contributed by atoms with Gasteiger partial charge in [0.25, 0.3) is 0 Å². The lowest BCUT2D eigenvalue weighted by molar-refractivity contribution is 0.223. The van der Waals surface area contributed by atoms with Crippen LogP contribution in [0.4, 0.5) is 0 Å². The van der Waals surface area contributed by atoms with Crippen LogP contribution < -0.4 is 5.32 Å². The van der Waals surface area contributed by atoms with Gasteiger partial charge >= 0.3 is 0 Å². The molecule has 0 aromatic heterocycles. The highest BCUT2D eigenvalue weighted by molar-refractivity contribution is 5.06. The average Bonchev–Trinajstić information content (AvgIpc) is 2.52. The Morgan fingerprint density at radius 1 is 1.24 bits per heavy atom. The molecule has 0 bridgehead atoms. The van der Waals surface area contributed by atoms with Crippen LogP contribution in [0.1, 0.15) is 71.6 Å². The standard InChI is InChI=1S/C18H35N3/c1-4-13-20-18(5-2,16-19)12-9-14-21(3)15-17-10-7-6-8-11-17/h17,20H,4-15H2,1-3H3. The average molecular weight is 293 g/mol. The molecule has 0 radical (unpaired) electrons. The van der Waals surface area contributed by atoms with Crippen molar-refractivity contribution >= 4 is 0 Å². The molecule has 1 fully saturated rings. The van der Waals surface area contributed by atoms with Crippen molar-refractivity contribution in [2.45, 2.75) is 77.2 Å². The minimum atomic E-state index is -0.304. The van der Waals surface area contributed by atoms with E-state index >= 15 is 0 Å². The Morgan fingerprint density at radius 2 is 1.95 bits per heavy atom. The van der Waals surface area contributed by atoms with Crippen molar-refractivity contribution in [2.75, 3.05) is 26.7 Å². The first-order chi connectivity index (χ1) is 10.2. The third kappa shape index (κ3) is 6.80. The van der Waals surface area contributed by atoms with E-state index in [0.29, 0.717) is 0 Å². The van der Waals surface area contributed by atoms with E-state index in [1.807, 2.05) is 0 Å². The van der Waals surface area contributed by atoms with Crippen LogP contribution in [0.25, 0.3) is 0 Å². The van der Waals surface area contributed by atoms with Crippen molar-refractivity contribution in [1.29, 1.82) is 5.26 Å². The van der Waals surface area contributed by atoms with Gasteiger partial charge < -0.3 is 4.90 Å². The molecular formula is C18H35N3. The third-order valence-electron chi connectivity index (χ3n) is 4.97. The van der Waals surface area contributed by atoms with E-state index in [1.54, 1.807) is 0 Å². The van der Waals surface area contributed by atoms with Gasteiger partial charge in [0.2, 0.25) is 0 Å². The molecule has 0 saturated heterocycles. The molecule has 0 spiro atoms. The lowest BCUT2D eigenvalue weighted by Gasteiger charge is -2.29. The summed E-state index contributed by atoms with van der Waals surface area (Å²) in [6, 6.07) is 2.53. The monoisotopic (exact) mass is 293 g/mol. The summed E-state index contributed by atoms with van der Waals surface area (Å²) in [6.07, 6.45) is 11.2. The van der Waals surface area contributed by atoms with Crippen molar-refractivity contribution in [3.63, 3.8) is 0 Å². The molecule has 1 unspecified atom stereocenters. The molecule has 21 heavy (non-hydrogen) atoms. The quantitative estimate of drug-likeness (QED) is 0.663. The minimum absolute atomic E-state index is 0.304. The minimum Gasteiger partial charge on any atom is -0.306 e. The van der Waals surface area contributed by atoms with Crippen LogP contribution in [0.3, 0.4) is 0 Å². The molecule has 3 nitrogen and oxygen atoms in total. The number of rotatable bonds is 10. The topological polar surface area (TPSA) is 39.1 Å². The van der Waals surface area contributed by atoms with Crippen LogP contribution in [0, 0.1) is 17.2 Å². The van der Waals surface area contributed by atoms with E-state index in [-0.39, 0.29) is 5.54 Å². The molecule has 1 saturated carbocycles. The van der Waals surface area contributed by atoms with Gasteiger partial charge in [0.05, 0.1) is 6.07 Å². The van der Waals surface area contributed by atoms with Crippen molar-refractivity contribution in [2.24, 2.45) is 5.92 Å². The molecule has 1 aliphatic rings. The second kappa shape index (κ2) is 10.2. The number of hydrogen-bond donors (Lipinski definition) is 1. The predicted molar refractivity (Wildman–Crippen MR) is 90.2 cm³/mol. The summed E-state index contributed by atoms with van der Waals surface area (Å²) in [5.74, 6) is 0.911. The smallest absolute Gasteiger partial charge is 0.106 e. The Hall–Kier alpha value is -0.590.